The van der Waals surface area contributed by atoms with Crippen LogP contribution in [-0.4, -0.2) is 21.0 Å². The van der Waals surface area contributed by atoms with E-state index >= 15 is 0 Å². The van der Waals surface area contributed by atoms with Gasteiger partial charge in [0.05, 0.1) is 14.7 Å². The highest BCUT2D eigenvalue weighted by molar-refractivity contribution is 14.1. The Hall–Kier alpha value is -2.22. The van der Waals surface area contributed by atoms with Crippen LogP contribution < -0.4 is 4.74 Å². The number of halogens is 1. The van der Waals surface area contributed by atoms with Crippen molar-refractivity contribution < 1.29 is 14.6 Å². The molecule has 1 N–H and O–H groups in total. The summed E-state index contributed by atoms with van der Waals surface area (Å²) in [4.78, 5) is 19.4. The fourth-order valence-electron chi connectivity index (χ4n) is 1.82. The Morgan fingerprint density at radius 2 is 2.00 bits per heavy atom. The normalized spacial score (nSPS) is 10.5. The average Bonchev–Trinajstić information content (AvgIpc) is 2.49. The van der Waals surface area contributed by atoms with E-state index in [0.29, 0.717) is 5.75 Å². The topological polar surface area (TPSA) is 72.3 Å². The summed E-state index contributed by atoms with van der Waals surface area (Å²) in [6.07, 6.45) is 1.67. The fraction of sp³-hybridized carbons (Fsp3) is 0. The Morgan fingerprint density at radius 1 is 1.19 bits per heavy atom. The fourth-order valence-corrected chi connectivity index (χ4v) is 2.26. The zero-order valence-corrected chi connectivity index (χ0v) is 12.8. The Balaban J connectivity index is 1.98. The first-order chi connectivity index (χ1) is 10.1. The van der Waals surface area contributed by atoms with Gasteiger partial charge in [-0.2, -0.15) is 4.98 Å². The molecule has 2 aromatic carbocycles. The number of para-hydroxylation sites is 1. The highest BCUT2D eigenvalue weighted by atomic mass is 127. The zero-order chi connectivity index (χ0) is 14.8. The number of nitrogens with zero attached hydrogens (tertiary/aromatic N) is 2. The van der Waals surface area contributed by atoms with Gasteiger partial charge in [0.15, 0.2) is 0 Å². The molecule has 0 bridgehead atoms. The van der Waals surface area contributed by atoms with Crippen LogP contribution in [0, 0.1) is 3.57 Å². The van der Waals surface area contributed by atoms with Crippen LogP contribution in [0.15, 0.2) is 48.7 Å². The lowest BCUT2D eigenvalue weighted by molar-refractivity contribution is 0.0696. The third-order valence-corrected chi connectivity index (χ3v) is 3.74. The molecule has 21 heavy (non-hydrogen) atoms. The molecule has 3 rings (SSSR count). The van der Waals surface area contributed by atoms with Crippen LogP contribution in [0.2, 0.25) is 0 Å². The summed E-state index contributed by atoms with van der Waals surface area (Å²) >= 11 is 2.07. The lowest BCUT2D eigenvalue weighted by Gasteiger charge is -2.07. The molecule has 3 aromatic rings. The smallest absolute Gasteiger partial charge is 0.335 e. The van der Waals surface area contributed by atoms with Crippen molar-refractivity contribution in [1.82, 2.24) is 9.97 Å². The second-order valence-electron chi connectivity index (χ2n) is 4.26. The number of ether oxygens (including phenoxy) is 1. The molecule has 0 spiro atoms. The van der Waals surface area contributed by atoms with Crippen LogP contribution in [-0.2, 0) is 0 Å². The summed E-state index contributed by atoms with van der Waals surface area (Å²) < 4.78 is 6.40. The Morgan fingerprint density at radius 3 is 2.81 bits per heavy atom. The standard InChI is InChI=1S/C15H9IN2O3/c16-11-6-5-9(14(19)20)7-13(11)21-15-17-8-10-3-1-2-4-12(10)18-15/h1-8H,(H,19,20). The van der Waals surface area contributed by atoms with Gasteiger partial charge in [-0.25, -0.2) is 9.78 Å². The minimum absolute atomic E-state index is 0.159. The van der Waals surface area contributed by atoms with Crippen LogP contribution in [0.5, 0.6) is 11.8 Å². The van der Waals surface area contributed by atoms with Gasteiger partial charge in [-0.3, -0.25) is 0 Å². The van der Waals surface area contributed by atoms with Gasteiger partial charge in [-0.15, -0.1) is 0 Å². The minimum atomic E-state index is -1.00. The number of carboxylic acid groups (broad SMARTS) is 1. The Bertz CT molecular complexity index is 836. The molecule has 0 saturated heterocycles. The maximum Gasteiger partial charge on any atom is 0.335 e. The van der Waals surface area contributed by atoms with Gasteiger partial charge in [0, 0.05) is 11.6 Å². The van der Waals surface area contributed by atoms with Crippen LogP contribution in [0.4, 0.5) is 0 Å². The summed E-state index contributed by atoms with van der Waals surface area (Å²) in [7, 11) is 0. The summed E-state index contributed by atoms with van der Waals surface area (Å²) in [6.45, 7) is 0. The number of rotatable bonds is 3. The molecule has 0 radical (unpaired) electrons. The van der Waals surface area contributed by atoms with Crippen LogP contribution >= 0.6 is 22.6 Å². The van der Waals surface area contributed by atoms with Crippen LogP contribution in [0.1, 0.15) is 10.4 Å². The third kappa shape index (κ3) is 2.94. The molecular formula is C15H9IN2O3. The van der Waals surface area contributed by atoms with E-state index in [1.807, 2.05) is 24.3 Å². The van der Waals surface area contributed by atoms with Crippen molar-refractivity contribution in [2.24, 2.45) is 0 Å². The summed E-state index contributed by atoms with van der Waals surface area (Å²) in [5.41, 5.74) is 0.929. The number of benzene rings is 2. The van der Waals surface area contributed by atoms with E-state index in [1.165, 1.54) is 12.1 Å². The molecule has 0 aliphatic heterocycles. The molecule has 5 nitrogen and oxygen atoms in total. The van der Waals surface area contributed by atoms with Crippen molar-refractivity contribution in [1.29, 1.82) is 0 Å². The first kappa shape index (κ1) is 13.7. The summed E-state index contributed by atoms with van der Waals surface area (Å²) in [5.74, 6) is -0.582. The number of aromatic carboxylic acids is 1. The van der Waals surface area contributed by atoms with Gasteiger partial charge < -0.3 is 9.84 Å². The predicted molar refractivity (Wildman–Crippen MR) is 85.7 cm³/mol. The van der Waals surface area contributed by atoms with Crippen molar-refractivity contribution in [3.63, 3.8) is 0 Å². The molecule has 0 atom stereocenters. The van der Waals surface area contributed by atoms with Gasteiger partial charge in [-0.1, -0.05) is 18.2 Å². The average molecular weight is 392 g/mol. The molecule has 0 saturated carbocycles. The van der Waals surface area contributed by atoms with Gasteiger partial charge in [0.25, 0.3) is 0 Å². The number of carboxylic acids is 1. The van der Waals surface area contributed by atoms with E-state index in [4.69, 9.17) is 9.84 Å². The van der Waals surface area contributed by atoms with Crippen molar-refractivity contribution in [2.45, 2.75) is 0 Å². The SMILES string of the molecule is O=C(O)c1ccc(I)c(Oc2ncc3ccccc3n2)c1. The molecule has 0 fully saturated rings. The van der Waals surface area contributed by atoms with E-state index in [9.17, 15) is 4.79 Å². The molecule has 0 aliphatic carbocycles. The van der Waals surface area contributed by atoms with Gasteiger partial charge in [0.1, 0.15) is 5.75 Å². The van der Waals surface area contributed by atoms with E-state index < -0.39 is 5.97 Å². The molecule has 0 aliphatic rings. The van der Waals surface area contributed by atoms with Crippen molar-refractivity contribution in [2.75, 3.05) is 0 Å². The quantitative estimate of drug-likeness (QED) is 0.688. The molecule has 104 valence electrons. The van der Waals surface area contributed by atoms with E-state index in [-0.39, 0.29) is 11.6 Å². The van der Waals surface area contributed by atoms with Gasteiger partial charge in [-0.05, 0) is 46.9 Å². The number of hydrogen-bond donors (Lipinski definition) is 1. The second kappa shape index (κ2) is 5.65. The molecule has 1 heterocycles. The van der Waals surface area contributed by atoms with Crippen molar-refractivity contribution in [3.8, 4) is 11.8 Å². The first-order valence-corrected chi connectivity index (χ1v) is 7.14. The molecule has 1 aromatic heterocycles. The predicted octanol–water partition coefficient (Wildman–Crippen LogP) is 3.72. The number of aromatic nitrogens is 2. The van der Waals surface area contributed by atoms with Gasteiger partial charge >= 0.3 is 12.0 Å². The molecule has 0 unspecified atom stereocenters. The monoisotopic (exact) mass is 392 g/mol. The van der Waals surface area contributed by atoms with E-state index in [0.717, 1.165) is 14.5 Å². The summed E-state index contributed by atoms with van der Waals surface area (Å²) in [5, 5.41) is 9.93. The third-order valence-electron chi connectivity index (χ3n) is 2.85. The first-order valence-electron chi connectivity index (χ1n) is 6.06. The highest BCUT2D eigenvalue weighted by Crippen LogP contribution is 2.26. The molecule has 0 amide bonds. The maximum absolute atomic E-state index is 11.0. The number of carbonyl (C=O) groups is 1. The summed E-state index contributed by atoms with van der Waals surface area (Å²) in [6, 6.07) is 12.4. The van der Waals surface area contributed by atoms with Crippen LogP contribution in [0.25, 0.3) is 10.9 Å². The van der Waals surface area contributed by atoms with Crippen molar-refractivity contribution in [3.05, 3.63) is 57.8 Å². The van der Waals surface area contributed by atoms with E-state index in [2.05, 4.69) is 32.6 Å². The Labute approximate surface area is 133 Å². The number of fused-ring (bicyclic) bond motifs is 1. The lowest BCUT2D eigenvalue weighted by atomic mass is 10.2. The highest BCUT2D eigenvalue weighted by Gasteiger charge is 2.10. The largest absolute Gasteiger partial charge is 0.478 e. The number of hydrogen-bond acceptors (Lipinski definition) is 4. The lowest BCUT2D eigenvalue weighted by Crippen LogP contribution is -1.99. The molecular weight excluding hydrogens is 383 g/mol. The van der Waals surface area contributed by atoms with E-state index in [1.54, 1.807) is 12.3 Å². The zero-order valence-electron chi connectivity index (χ0n) is 10.7. The second-order valence-corrected chi connectivity index (χ2v) is 5.43. The minimum Gasteiger partial charge on any atom is -0.478 e. The Kier molecular flexibility index (Phi) is 3.70. The van der Waals surface area contributed by atoms with Crippen LogP contribution in [0.3, 0.4) is 0 Å². The molecule has 6 heteroatoms. The van der Waals surface area contributed by atoms with Crippen molar-refractivity contribution >= 4 is 39.5 Å². The van der Waals surface area contributed by atoms with Gasteiger partial charge in [0.2, 0.25) is 0 Å². The maximum atomic E-state index is 11.0.